The number of carbonyl (C=O) groups excluding carboxylic acids is 1. The number of alkyl halides is 3. The molecule has 9 nitrogen and oxygen atoms in total. The summed E-state index contributed by atoms with van der Waals surface area (Å²) in [6, 6.07) is 11.0. The maximum atomic E-state index is 14.1. The number of anilines is 3. The second kappa shape index (κ2) is 14.1. The van der Waals surface area contributed by atoms with Crippen LogP contribution in [-0.4, -0.2) is 68.9 Å². The molecule has 1 fully saturated rings. The third-order valence-corrected chi connectivity index (χ3v) is 7.54. The summed E-state index contributed by atoms with van der Waals surface area (Å²) in [4.78, 5) is 34.1. The van der Waals surface area contributed by atoms with E-state index in [1.165, 1.54) is 18.5 Å². The van der Waals surface area contributed by atoms with Gasteiger partial charge in [-0.1, -0.05) is 12.1 Å². The van der Waals surface area contributed by atoms with E-state index >= 15 is 0 Å². The summed E-state index contributed by atoms with van der Waals surface area (Å²) in [5.41, 5.74) is 2.54. The second-order valence-electron chi connectivity index (χ2n) is 10.9. The van der Waals surface area contributed by atoms with Gasteiger partial charge >= 0.3 is 6.18 Å². The molecule has 0 aliphatic carbocycles. The lowest BCUT2D eigenvalue weighted by atomic mass is 10.00. The predicted molar refractivity (Wildman–Crippen MR) is 166 cm³/mol. The van der Waals surface area contributed by atoms with E-state index in [2.05, 4.69) is 35.5 Å². The number of nitrogens with zero attached hydrogens (tertiary/aromatic N) is 6. The molecule has 232 valence electrons. The minimum absolute atomic E-state index is 0. The molecule has 1 saturated heterocycles. The fourth-order valence-electron chi connectivity index (χ4n) is 5.13. The van der Waals surface area contributed by atoms with Gasteiger partial charge < -0.3 is 15.5 Å². The molecular formula is C31H34ClF3N8O. The van der Waals surface area contributed by atoms with E-state index in [1.54, 1.807) is 42.9 Å². The molecule has 1 aliphatic rings. The van der Waals surface area contributed by atoms with E-state index in [9.17, 15) is 18.0 Å². The van der Waals surface area contributed by atoms with E-state index in [0.29, 0.717) is 35.6 Å². The van der Waals surface area contributed by atoms with Crippen LogP contribution in [0.15, 0.2) is 67.4 Å². The van der Waals surface area contributed by atoms with E-state index < -0.39 is 17.6 Å². The number of hydrogen-bond acceptors (Lipinski definition) is 8. The van der Waals surface area contributed by atoms with Gasteiger partial charge in [0.1, 0.15) is 6.33 Å². The van der Waals surface area contributed by atoms with Crippen molar-refractivity contribution in [1.82, 2.24) is 29.7 Å². The van der Waals surface area contributed by atoms with Gasteiger partial charge in [0.05, 0.1) is 11.3 Å². The Morgan fingerprint density at radius 1 is 1.09 bits per heavy atom. The van der Waals surface area contributed by atoms with Crippen molar-refractivity contribution in [3.8, 4) is 11.3 Å². The van der Waals surface area contributed by atoms with Crippen LogP contribution in [0, 0.1) is 6.92 Å². The highest BCUT2D eigenvalue weighted by atomic mass is 35.5. The van der Waals surface area contributed by atoms with E-state index in [-0.39, 0.29) is 30.1 Å². The van der Waals surface area contributed by atoms with Gasteiger partial charge in [0.15, 0.2) is 0 Å². The smallest absolute Gasteiger partial charge is 0.324 e. The Kier molecular flexibility index (Phi) is 10.5. The zero-order valence-electron chi connectivity index (χ0n) is 24.6. The highest BCUT2D eigenvalue weighted by molar-refractivity contribution is 6.04. The van der Waals surface area contributed by atoms with Gasteiger partial charge in [0, 0.05) is 60.2 Å². The summed E-state index contributed by atoms with van der Waals surface area (Å²) in [6.45, 7) is 3.49. The van der Waals surface area contributed by atoms with Crippen LogP contribution in [-0.2, 0) is 12.7 Å². The molecule has 0 spiro atoms. The minimum atomic E-state index is -4.59. The van der Waals surface area contributed by atoms with Crippen molar-refractivity contribution in [2.24, 2.45) is 0 Å². The first-order chi connectivity index (χ1) is 20.6. The topological polar surface area (TPSA) is 99.2 Å². The quantitative estimate of drug-likeness (QED) is 0.238. The number of carbonyl (C=O) groups is 1. The van der Waals surface area contributed by atoms with Gasteiger partial charge in [-0.05, 0) is 81.9 Å². The molecule has 4 aromatic rings. The van der Waals surface area contributed by atoms with Crippen molar-refractivity contribution in [3.63, 3.8) is 0 Å². The number of piperidine rings is 1. The summed E-state index contributed by atoms with van der Waals surface area (Å²) in [7, 11) is 3.98. The number of nitrogens with one attached hydrogen (secondary N) is 2. The van der Waals surface area contributed by atoms with Crippen LogP contribution < -0.4 is 10.6 Å². The summed E-state index contributed by atoms with van der Waals surface area (Å²) < 4.78 is 42.4. The standard InChI is InChI=1S/C31H33F3N8O.ClH/c1-20-6-9-24(14-28(20)40-30-37-11-10-27(39-30)23-15-35-19-36-16-23)38-29(43)21-7-8-22(26(13-21)31(32,33)34)17-42-12-4-5-25(18-42)41(2)3;/h6-11,13-16,19,25H,4-5,12,17-18H2,1-3H3,(H,38,43)(H,37,39,40);1H. The molecule has 1 atom stereocenters. The SMILES string of the molecule is Cc1ccc(NC(=O)c2ccc(CN3CCCC(N(C)C)C3)c(C(F)(F)F)c2)cc1Nc1nccc(-c2cncnc2)n1.Cl. The van der Waals surface area contributed by atoms with Crippen LogP contribution in [0.1, 0.15) is 39.9 Å². The zero-order chi connectivity index (χ0) is 30.6. The molecule has 0 saturated carbocycles. The first-order valence-corrected chi connectivity index (χ1v) is 13.9. The Morgan fingerprint density at radius 2 is 1.86 bits per heavy atom. The van der Waals surface area contributed by atoms with Crippen LogP contribution >= 0.6 is 12.4 Å². The van der Waals surface area contributed by atoms with Crippen molar-refractivity contribution < 1.29 is 18.0 Å². The van der Waals surface area contributed by atoms with Gasteiger partial charge in [0.2, 0.25) is 5.95 Å². The average molecular weight is 627 g/mol. The van der Waals surface area contributed by atoms with Crippen LogP contribution in [0.3, 0.4) is 0 Å². The molecule has 5 rings (SSSR count). The van der Waals surface area contributed by atoms with Crippen molar-refractivity contribution in [3.05, 3.63) is 89.6 Å². The Labute approximate surface area is 260 Å². The molecule has 1 amide bonds. The molecule has 2 N–H and O–H groups in total. The molecule has 0 bridgehead atoms. The second-order valence-corrected chi connectivity index (χ2v) is 10.9. The number of halogens is 4. The van der Waals surface area contributed by atoms with Crippen LogP contribution in [0.25, 0.3) is 11.3 Å². The van der Waals surface area contributed by atoms with E-state index in [0.717, 1.165) is 36.6 Å². The highest BCUT2D eigenvalue weighted by Crippen LogP contribution is 2.34. The monoisotopic (exact) mass is 626 g/mol. The molecule has 0 radical (unpaired) electrons. The van der Waals surface area contributed by atoms with Crippen LogP contribution in [0.2, 0.25) is 0 Å². The number of hydrogen-bond donors (Lipinski definition) is 2. The Morgan fingerprint density at radius 3 is 2.59 bits per heavy atom. The van der Waals surface area contributed by atoms with Gasteiger partial charge in [0.25, 0.3) is 5.91 Å². The summed E-state index contributed by atoms with van der Waals surface area (Å²) in [5, 5.41) is 5.88. The molecule has 2 aromatic heterocycles. The van der Waals surface area contributed by atoms with Crippen LogP contribution in [0.5, 0.6) is 0 Å². The lowest BCUT2D eigenvalue weighted by molar-refractivity contribution is -0.138. The van der Waals surface area contributed by atoms with Crippen molar-refractivity contribution in [2.45, 2.75) is 38.5 Å². The highest BCUT2D eigenvalue weighted by Gasteiger charge is 2.35. The fraction of sp³-hybridized carbons (Fsp3) is 0.323. The van der Waals surface area contributed by atoms with Gasteiger partial charge in [-0.15, -0.1) is 12.4 Å². The molecule has 44 heavy (non-hydrogen) atoms. The maximum absolute atomic E-state index is 14.1. The third kappa shape index (κ3) is 8.07. The lowest BCUT2D eigenvalue weighted by Crippen LogP contribution is -2.44. The number of benzene rings is 2. The first-order valence-electron chi connectivity index (χ1n) is 13.9. The Balaban J connectivity index is 0.00000442. The number of rotatable bonds is 8. The molecular weight excluding hydrogens is 593 g/mol. The summed E-state index contributed by atoms with van der Waals surface area (Å²) >= 11 is 0. The van der Waals surface area contributed by atoms with Gasteiger partial charge in [-0.25, -0.2) is 19.9 Å². The minimum Gasteiger partial charge on any atom is -0.324 e. The van der Waals surface area contributed by atoms with Crippen molar-refractivity contribution in [2.75, 3.05) is 37.8 Å². The lowest BCUT2D eigenvalue weighted by Gasteiger charge is -2.36. The normalized spacial score (nSPS) is 15.5. The largest absolute Gasteiger partial charge is 0.416 e. The van der Waals surface area contributed by atoms with Crippen molar-refractivity contribution in [1.29, 1.82) is 0 Å². The molecule has 2 aromatic carbocycles. The number of likely N-dealkylation sites (N-methyl/N-ethyl adjacent to an activating group) is 1. The predicted octanol–water partition coefficient (Wildman–Crippen LogP) is 6.20. The Hall–Kier alpha value is -4.13. The maximum Gasteiger partial charge on any atom is 0.416 e. The molecule has 13 heteroatoms. The Bertz CT molecular complexity index is 1590. The zero-order valence-corrected chi connectivity index (χ0v) is 25.4. The fourth-order valence-corrected chi connectivity index (χ4v) is 5.13. The van der Waals surface area contributed by atoms with E-state index in [1.807, 2.05) is 25.9 Å². The van der Waals surface area contributed by atoms with E-state index in [4.69, 9.17) is 0 Å². The molecule has 3 heterocycles. The number of amides is 1. The number of likely N-dealkylation sites (tertiary alicyclic amines) is 1. The number of aryl methyl sites for hydroxylation is 1. The van der Waals surface area contributed by atoms with Gasteiger partial charge in [-0.3, -0.25) is 9.69 Å². The number of aromatic nitrogens is 4. The summed E-state index contributed by atoms with van der Waals surface area (Å²) in [6.07, 6.45) is 3.68. The van der Waals surface area contributed by atoms with Crippen molar-refractivity contribution >= 4 is 35.6 Å². The van der Waals surface area contributed by atoms with Gasteiger partial charge in [-0.2, -0.15) is 13.2 Å². The summed E-state index contributed by atoms with van der Waals surface area (Å²) in [5.74, 6) is -0.316. The van der Waals surface area contributed by atoms with Crippen LogP contribution in [0.4, 0.5) is 30.5 Å². The molecule has 1 unspecified atom stereocenters. The average Bonchev–Trinajstić information content (AvgIpc) is 2.99. The third-order valence-electron chi connectivity index (χ3n) is 7.54. The molecule has 1 aliphatic heterocycles. The first kappa shape index (κ1) is 32.8.